The number of halogens is 1. The number of benzene rings is 1. The highest BCUT2D eigenvalue weighted by Gasteiger charge is 2.20. The highest BCUT2D eigenvalue weighted by molar-refractivity contribution is 9.10. The average Bonchev–Trinajstić information content (AvgIpc) is 3.38. The summed E-state index contributed by atoms with van der Waals surface area (Å²) in [5.74, 6) is 0.882. The number of rotatable bonds is 8. The van der Waals surface area contributed by atoms with E-state index in [1.54, 1.807) is 22.3 Å². The molecular weight excluding hydrogens is 474 g/mol. The molecule has 0 aliphatic heterocycles. The van der Waals surface area contributed by atoms with Crippen LogP contribution in [0.15, 0.2) is 35.1 Å². The first-order valence-corrected chi connectivity index (χ1v) is 11.2. The van der Waals surface area contributed by atoms with E-state index in [2.05, 4.69) is 41.7 Å². The van der Waals surface area contributed by atoms with E-state index >= 15 is 0 Å². The molecule has 4 rings (SSSR count). The van der Waals surface area contributed by atoms with Crippen LogP contribution >= 0.6 is 15.9 Å². The van der Waals surface area contributed by atoms with Crippen LogP contribution in [0.4, 0.5) is 5.95 Å². The minimum absolute atomic E-state index is 0.0986. The average molecular weight is 500 g/mol. The maximum Gasteiger partial charge on any atom is 0.242 e. The lowest BCUT2D eigenvalue weighted by Crippen LogP contribution is -2.39. The van der Waals surface area contributed by atoms with E-state index in [0.717, 1.165) is 33.9 Å². The van der Waals surface area contributed by atoms with Crippen molar-refractivity contribution in [3.05, 3.63) is 35.1 Å². The number of anilines is 1. The highest BCUT2D eigenvalue weighted by atomic mass is 79.9. The van der Waals surface area contributed by atoms with Crippen LogP contribution < -0.4 is 10.6 Å². The van der Waals surface area contributed by atoms with Gasteiger partial charge >= 0.3 is 0 Å². The highest BCUT2D eigenvalue weighted by Crippen LogP contribution is 2.28. The number of nitrogens with zero attached hydrogens (tertiary/aromatic N) is 7. The van der Waals surface area contributed by atoms with E-state index in [4.69, 9.17) is 9.97 Å². The molecule has 11 heteroatoms. The lowest BCUT2D eigenvalue weighted by molar-refractivity contribution is -0.121. The van der Waals surface area contributed by atoms with Gasteiger partial charge in [0, 0.05) is 29.6 Å². The standard InChI is InChI=1S/C21H26BrN9O/c1-13(20(32)23-9-6-10-29(2)3)25-21-26-17-15(7-5-8-16(17)22)19-27-18(28-31(19)21)14-11-24-30(4)12-14/h5,7-8,11-13H,6,9-10H2,1-4H3,(H,23,32)(H,25,26)/t13-/m1/s1. The van der Waals surface area contributed by atoms with Crippen molar-refractivity contribution in [2.45, 2.75) is 19.4 Å². The van der Waals surface area contributed by atoms with Gasteiger partial charge in [-0.15, -0.1) is 5.10 Å². The molecule has 168 valence electrons. The molecule has 0 fully saturated rings. The first-order valence-electron chi connectivity index (χ1n) is 10.4. The predicted molar refractivity (Wildman–Crippen MR) is 127 cm³/mol. The fourth-order valence-corrected chi connectivity index (χ4v) is 3.82. The van der Waals surface area contributed by atoms with E-state index in [0.29, 0.717) is 24.0 Å². The Morgan fingerprint density at radius 1 is 1.28 bits per heavy atom. The fourth-order valence-electron chi connectivity index (χ4n) is 3.37. The minimum atomic E-state index is -0.504. The largest absolute Gasteiger partial charge is 0.354 e. The minimum Gasteiger partial charge on any atom is -0.354 e. The third kappa shape index (κ3) is 4.58. The fraction of sp³-hybridized carbons (Fsp3) is 0.381. The summed E-state index contributed by atoms with van der Waals surface area (Å²) in [6.07, 6.45) is 4.46. The van der Waals surface area contributed by atoms with Crippen LogP contribution in [0.5, 0.6) is 0 Å². The number of aryl methyl sites for hydroxylation is 1. The van der Waals surface area contributed by atoms with Crippen LogP contribution in [0.2, 0.25) is 0 Å². The Kier molecular flexibility index (Phi) is 6.38. The maximum atomic E-state index is 12.6. The van der Waals surface area contributed by atoms with Gasteiger partial charge in [-0.2, -0.15) is 9.61 Å². The van der Waals surface area contributed by atoms with Gasteiger partial charge in [0.2, 0.25) is 11.9 Å². The Hall–Kier alpha value is -3.05. The van der Waals surface area contributed by atoms with E-state index < -0.39 is 6.04 Å². The van der Waals surface area contributed by atoms with Crippen LogP contribution in [0, 0.1) is 0 Å². The number of carbonyl (C=O) groups is 1. The van der Waals surface area contributed by atoms with E-state index in [1.165, 1.54) is 0 Å². The third-order valence-corrected chi connectivity index (χ3v) is 5.68. The van der Waals surface area contributed by atoms with E-state index in [9.17, 15) is 4.79 Å². The summed E-state index contributed by atoms with van der Waals surface area (Å²) in [5.41, 5.74) is 2.19. The van der Waals surface area contributed by atoms with Crippen molar-refractivity contribution in [1.29, 1.82) is 0 Å². The number of aromatic nitrogens is 6. The Morgan fingerprint density at radius 2 is 2.09 bits per heavy atom. The van der Waals surface area contributed by atoms with Gasteiger partial charge in [-0.25, -0.2) is 9.97 Å². The lowest BCUT2D eigenvalue weighted by atomic mass is 10.2. The quantitative estimate of drug-likeness (QED) is 0.358. The zero-order chi connectivity index (χ0) is 22.8. The maximum absolute atomic E-state index is 12.6. The van der Waals surface area contributed by atoms with Crippen molar-refractivity contribution in [3.8, 4) is 11.4 Å². The van der Waals surface area contributed by atoms with Gasteiger partial charge in [-0.3, -0.25) is 9.48 Å². The van der Waals surface area contributed by atoms with Gasteiger partial charge in [0.15, 0.2) is 11.5 Å². The molecule has 0 bridgehead atoms. The predicted octanol–water partition coefficient (Wildman–Crippen LogP) is 2.31. The summed E-state index contributed by atoms with van der Waals surface area (Å²) < 4.78 is 4.19. The van der Waals surface area contributed by atoms with Gasteiger partial charge in [0.05, 0.1) is 17.3 Å². The molecule has 32 heavy (non-hydrogen) atoms. The summed E-state index contributed by atoms with van der Waals surface area (Å²) >= 11 is 3.58. The summed E-state index contributed by atoms with van der Waals surface area (Å²) in [6, 6.07) is 5.31. The molecule has 1 atom stereocenters. The zero-order valence-electron chi connectivity index (χ0n) is 18.5. The van der Waals surface area contributed by atoms with E-state index in [1.807, 2.05) is 45.5 Å². The molecule has 0 saturated carbocycles. The molecule has 10 nitrogen and oxygen atoms in total. The molecule has 4 aromatic rings. The topological polar surface area (TPSA) is 105 Å². The van der Waals surface area contributed by atoms with E-state index in [-0.39, 0.29) is 5.91 Å². The van der Waals surface area contributed by atoms with Crippen molar-refractivity contribution in [1.82, 2.24) is 39.6 Å². The SMILES string of the molecule is C[C@@H](Nc1nc2c(Br)cccc2c2nc(-c3cnn(C)c3)nn12)C(=O)NCCCN(C)C. The zero-order valence-corrected chi connectivity index (χ0v) is 20.1. The van der Waals surface area contributed by atoms with Crippen molar-refractivity contribution in [2.24, 2.45) is 7.05 Å². The van der Waals surface area contributed by atoms with Gasteiger partial charge in [0.1, 0.15) is 6.04 Å². The second-order valence-corrected chi connectivity index (χ2v) is 8.81. The monoisotopic (exact) mass is 499 g/mol. The van der Waals surface area contributed by atoms with Crippen LogP contribution in [0.1, 0.15) is 13.3 Å². The summed E-state index contributed by atoms with van der Waals surface area (Å²) in [6.45, 7) is 3.33. The number of nitrogens with one attached hydrogen (secondary N) is 2. The van der Waals surface area contributed by atoms with Crippen LogP contribution in [0.25, 0.3) is 27.9 Å². The summed E-state index contributed by atoms with van der Waals surface area (Å²) in [7, 11) is 5.87. The van der Waals surface area contributed by atoms with Gasteiger partial charge in [-0.1, -0.05) is 6.07 Å². The first-order chi connectivity index (χ1) is 15.3. The molecule has 0 radical (unpaired) electrons. The number of hydrogen-bond donors (Lipinski definition) is 2. The first kappa shape index (κ1) is 22.2. The summed E-state index contributed by atoms with van der Waals surface area (Å²) in [5, 5.41) is 15.9. The molecule has 0 aliphatic carbocycles. The molecule has 3 aromatic heterocycles. The number of carbonyl (C=O) groups excluding carboxylic acids is 1. The second kappa shape index (κ2) is 9.21. The Morgan fingerprint density at radius 3 is 2.81 bits per heavy atom. The van der Waals surface area contributed by atoms with Gasteiger partial charge in [-0.05, 0) is 62.0 Å². The third-order valence-electron chi connectivity index (χ3n) is 5.04. The Balaban J connectivity index is 1.67. The van der Waals surface area contributed by atoms with Crippen LogP contribution in [0.3, 0.4) is 0 Å². The van der Waals surface area contributed by atoms with Crippen LogP contribution in [-0.4, -0.2) is 73.4 Å². The van der Waals surface area contributed by atoms with Crippen molar-refractivity contribution < 1.29 is 4.79 Å². The Bertz CT molecular complexity index is 1260. The molecule has 0 aliphatic rings. The summed E-state index contributed by atoms with van der Waals surface area (Å²) in [4.78, 5) is 24.2. The molecule has 0 unspecified atom stereocenters. The number of fused-ring (bicyclic) bond motifs is 3. The molecule has 1 aromatic carbocycles. The molecule has 0 spiro atoms. The number of hydrogen-bond acceptors (Lipinski definition) is 7. The molecule has 0 saturated heterocycles. The molecular formula is C21H26BrN9O. The normalized spacial score (nSPS) is 12.6. The van der Waals surface area contributed by atoms with Crippen molar-refractivity contribution in [2.75, 3.05) is 32.5 Å². The lowest BCUT2D eigenvalue weighted by Gasteiger charge is -2.16. The molecule has 1 amide bonds. The second-order valence-electron chi connectivity index (χ2n) is 7.96. The van der Waals surface area contributed by atoms with Gasteiger partial charge in [0.25, 0.3) is 0 Å². The molecule has 3 heterocycles. The van der Waals surface area contributed by atoms with Crippen LogP contribution in [-0.2, 0) is 11.8 Å². The number of amides is 1. The number of para-hydroxylation sites is 1. The molecule has 2 N–H and O–H groups in total. The van der Waals surface area contributed by atoms with Gasteiger partial charge < -0.3 is 15.5 Å². The van der Waals surface area contributed by atoms with Crippen molar-refractivity contribution in [3.63, 3.8) is 0 Å². The smallest absolute Gasteiger partial charge is 0.242 e. The van der Waals surface area contributed by atoms with Crippen molar-refractivity contribution >= 4 is 44.3 Å². The Labute approximate surface area is 194 Å².